The first-order valence-corrected chi connectivity index (χ1v) is 7.23. The lowest BCUT2D eigenvalue weighted by molar-refractivity contribution is 0.512. The van der Waals surface area contributed by atoms with E-state index in [2.05, 4.69) is 40.5 Å². The summed E-state index contributed by atoms with van der Waals surface area (Å²) < 4.78 is 5.28. The van der Waals surface area contributed by atoms with E-state index in [1.807, 2.05) is 24.5 Å². The monoisotopic (exact) mass is 286 g/mol. The average molecular weight is 286 g/mol. The van der Waals surface area contributed by atoms with Crippen LogP contribution in [0.2, 0.25) is 0 Å². The van der Waals surface area contributed by atoms with Gasteiger partial charge in [-0.2, -0.15) is 0 Å². The fraction of sp³-hybridized carbons (Fsp3) is 0.375. The molecule has 0 aromatic carbocycles. The molecule has 0 unspecified atom stereocenters. The smallest absolute Gasteiger partial charge is 0.191 e. The van der Waals surface area contributed by atoms with Crippen molar-refractivity contribution in [3.63, 3.8) is 0 Å². The Hall–Kier alpha value is -2.30. The van der Waals surface area contributed by atoms with Crippen molar-refractivity contribution in [3.8, 4) is 0 Å². The summed E-state index contributed by atoms with van der Waals surface area (Å²) in [5.41, 5.74) is 2.52. The SMILES string of the molecule is CCNC(=NCc1ccco1)NCCc1ccncc1C. The lowest BCUT2D eigenvalue weighted by atomic mass is 10.1. The Balaban J connectivity index is 1.85. The highest BCUT2D eigenvalue weighted by Crippen LogP contribution is 2.05. The van der Waals surface area contributed by atoms with E-state index in [4.69, 9.17) is 4.42 Å². The zero-order valence-corrected chi connectivity index (χ0v) is 12.6. The summed E-state index contributed by atoms with van der Waals surface area (Å²) in [6.45, 7) is 6.33. The fourth-order valence-electron chi connectivity index (χ4n) is 2.00. The van der Waals surface area contributed by atoms with Crippen LogP contribution in [0.25, 0.3) is 0 Å². The molecule has 21 heavy (non-hydrogen) atoms. The minimum atomic E-state index is 0.538. The highest BCUT2D eigenvalue weighted by atomic mass is 16.3. The number of nitrogens with one attached hydrogen (secondary N) is 2. The largest absolute Gasteiger partial charge is 0.467 e. The molecular formula is C16H22N4O. The first kappa shape index (κ1) is 15.1. The van der Waals surface area contributed by atoms with Crippen LogP contribution in [0.1, 0.15) is 23.8 Å². The van der Waals surface area contributed by atoms with Crippen molar-refractivity contribution in [2.24, 2.45) is 4.99 Å². The molecule has 0 saturated carbocycles. The molecule has 0 spiro atoms. The maximum atomic E-state index is 5.28. The molecule has 0 amide bonds. The van der Waals surface area contributed by atoms with Gasteiger partial charge in [0.1, 0.15) is 12.3 Å². The zero-order valence-electron chi connectivity index (χ0n) is 12.6. The molecule has 0 aliphatic heterocycles. The Labute approximate surface area is 125 Å². The molecule has 0 fully saturated rings. The molecule has 0 atom stereocenters. The molecule has 0 saturated heterocycles. The predicted octanol–water partition coefficient (Wildman–Crippen LogP) is 2.28. The van der Waals surface area contributed by atoms with Gasteiger partial charge in [0.25, 0.3) is 0 Å². The van der Waals surface area contributed by atoms with Crippen molar-refractivity contribution in [2.75, 3.05) is 13.1 Å². The van der Waals surface area contributed by atoms with Gasteiger partial charge in [-0.1, -0.05) is 0 Å². The summed E-state index contributed by atoms with van der Waals surface area (Å²) in [5, 5.41) is 6.57. The molecule has 2 heterocycles. The number of hydrogen-bond donors (Lipinski definition) is 2. The van der Waals surface area contributed by atoms with Crippen LogP contribution in [0.5, 0.6) is 0 Å². The van der Waals surface area contributed by atoms with Gasteiger partial charge in [0, 0.05) is 25.5 Å². The van der Waals surface area contributed by atoms with Crippen LogP contribution in [0.3, 0.4) is 0 Å². The van der Waals surface area contributed by atoms with Gasteiger partial charge in [-0.05, 0) is 49.6 Å². The van der Waals surface area contributed by atoms with Crippen LogP contribution in [0.4, 0.5) is 0 Å². The number of hydrogen-bond acceptors (Lipinski definition) is 3. The summed E-state index contributed by atoms with van der Waals surface area (Å²) in [4.78, 5) is 8.61. The minimum Gasteiger partial charge on any atom is -0.467 e. The van der Waals surface area contributed by atoms with E-state index >= 15 is 0 Å². The van der Waals surface area contributed by atoms with Gasteiger partial charge in [0.2, 0.25) is 0 Å². The molecular weight excluding hydrogens is 264 g/mol. The lowest BCUT2D eigenvalue weighted by Crippen LogP contribution is -2.38. The molecule has 2 rings (SSSR count). The summed E-state index contributed by atoms with van der Waals surface area (Å²) in [6, 6.07) is 5.86. The maximum Gasteiger partial charge on any atom is 0.191 e. The van der Waals surface area contributed by atoms with E-state index in [0.717, 1.165) is 31.2 Å². The second-order valence-electron chi connectivity index (χ2n) is 4.75. The van der Waals surface area contributed by atoms with Gasteiger partial charge in [0.05, 0.1) is 6.26 Å². The summed E-state index contributed by atoms with van der Waals surface area (Å²) >= 11 is 0. The number of pyridine rings is 1. The first-order valence-electron chi connectivity index (χ1n) is 7.23. The number of rotatable bonds is 6. The minimum absolute atomic E-state index is 0.538. The molecule has 5 heteroatoms. The average Bonchev–Trinajstić information content (AvgIpc) is 3.00. The quantitative estimate of drug-likeness (QED) is 0.632. The van der Waals surface area contributed by atoms with Crippen LogP contribution in [0, 0.1) is 6.92 Å². The number of furan rings is 1. The zero-order chi connectivity index (χ0) is 14.9. The number of aryl methyl sites for hydroxylation is 1. The van der Waals surface area contributed by atoms with Crippen molar-refractivity contribution < 1.29 is 4.42 Å². The molecule has 5 nitrogen and oxygen atoms in total. The Morgan fingerprint density at radius 3 is 2.95 bits per heavy atom. The Kier molecular flexibility index (Phi) is 5.82. The standard InChI is InChI=1S/C16H22N4O/c1-3-18-16(20-12-15-5-4-10-21-15)19-9-7-14-6-8-17-11-13(14)2/h4-6,8,10-11H,3,7,9,12H2,1-2H3,(H2,18,19,20). The summed E-state index contributed by atoms with van der Waals surface area (Å²) in [5.74, 6) is 1.66. The fourth-order valence-corrected chi connectivity index (χ4v) is 2.00. The Morgan fingerprint density at radius 1 is 1.33 bits per heavy atom. The highest BCUT2D eigenvalue weighted by molar-refractivity contribution is 5.79. The van der Waals surface area contributed by atoms with E-state index in [1.54, 1.807) is 6.26 Å². The molecule has 0 aliphatic carbocycles. The van der Waals surface area contributed by atoms with Gasteiger partial charge >= 0.3 is 0 Å². The second kappa shape index (κ2) is 8.09. The van der Waals surface area contributed by atoms with E-state index in [1.165, 1.54) is 11.1 Å². The molecule has 0 radical (unpaired) electrons. The first-order chi connectivity index (χ1) is 10.3. The number of aliphatic imine (C=N–C) groups is 1. The van der Waals surface area contributed by atoms with Crippen LogP contribution in [0.15, 0.2) is 46.3 Å². The third-order valence-corrected chi connectivity index (χ3v) is 3.14. The second-order valence-corrected chi connectivity index (χ2v) is 4.75. The summed E-state index contributed by atoms with van der Waals surface area (Å²) in [7, 11) is 0. The van der Waals surface area contributed by atoms with E-state index in [9.17, 15) is 0 Å². The van der Waals surface area contributed by atoms with Gasteiger partial charge in [0.15, 0.2) is 5.96 Å². The van der Waals surface area contributed by atoms with Gasteiger partial charge in [-0.15, -0.1) is 0 Å². The topological polar surface area (TPSA) is 62.5 Å². The summed E-state index contributed by atoms with van der Waals surface area (Å²) in [6.07, 6.45) is 6.33. The van der Waals surface area contributed by atoms with Crippen molar-refractivity contribution in [1.82, 2.24) is 15.6 Å². The van der Waals surface area contributed by atoms with Gasteiger partial charge in [-0.25, -0.2) is 4.99 Å². The van der Waals surface area contributed by atoms with E-state index < -0.39 is 0 Å². The molecule has 2 aromatic heterocycles. The molecule has 0 bridgehead atoms. The van der Waals surface area contributed by atoms with Crippen LogP contribution < -0.4 is 10.6 Å². The molecule has 2 N–H and O–H groups in total. The van der Waals surface area contributed by atoms with Gasteiger partial charge < -0.3 is 15.1 Å². The van der Waals surface area contributed by atoms with Crippen molar-refractivity contribution in [2.45, 2.75) is 26.8 Å². The van der Waals surface area contributed by atoms with Gasteiger partial charge in [-0.3, -0.25) is 4.98 Å². The normalized spacial score (nSPS) is 11.4. The third kappa shape index (κ3) is 4.95. The number of guanidine groups is 1. The van der Waals surface area contributed by atoms with Crippen molar-refractivity contribution >= 4 is 5.96 Å². The highest BCUT2D eigenvalue weighted by Gasteiger charge is 2.01. The van der Waals surface area contributed by atoms with Crippen LogP contribution in [-0.2, 0) is 13.0 Å². The molecule has 112 valence electrons. The predicted molar refractivity (Wildman–Crippen MR) is 84.2 cm³/mol. The van der Waals surface area contributed by atoms with E-state index in [-0.39, 0.29) is 0 Å². The Bertz CT molecular complexity index is 563. The number of nitrogens with zero attached hydrogens (tertiary/aromatic N) is 2. The van der Waals surface area contributed by atoms with E-state index in [0.29, 0.717) is 6.54 Å². The van der Waals surface area contributed by atoms with Crippen LogP contribution in [-0.4, -0.2) is 24.0 Å². The van der Waals surface area contributed by atoms with Crippen molar-refractivity contribution in [3.05, 3.63) is 53.7 Å². The maximum absolute atomic E-state index is 5.28. The molecule has 0 aliphatic rings. The Morgan fingerprint density at radius 2 is 2.24 bits per heavy atom. The number of aromatic nitrogens is 1. The van der Waals surface area contributed by atoms with Crippen molar-refractivity contribution in [1.29, 1.82) is 0 Å². The molecule has 2 aromatic rings. The van der Waals surface area contributed by atoms with Crippen LogP contribution >= 0.6 is 0 Å². The lowest BCUT2D eigenvalue weighted by Gasteiger charge is -2.11. The third-order valence-electron chi connectivity index (χ3n) is 3.14.